The van der Waals surface area contributed by atoms with Gasteiger partial charge in [-0.1, -0.05) is 35.3 Å². The molecule has 2 aromatic carbocycles. The van der Waals surface area contributed by atoms with E-state index >= 15 is 0 Å². The Balaban J connectivity index is 2.26. The van der Waals surface area contributed by atoms with Crippen molar-refractivity contribution in [2.75, 3.05) is 5.88 Å². The number of alkyl halides is 1. The highest BCUT2D eigenvalue weighted by Gasteiger charge is 2.14. The lowest BCUT2D eigenvalue weighted by molar-refractivity contribution is 0.623. The van der Waals surface area contributed by atoms with Crippen molar-refractivity contribution in [3.63, 3.8) is 0 Å². The van der Waals surface area contributed by atoms with Crippen LogP contribution >= 0.6 is 34.8 Å². The molecule has 0 aliphatic heterocycles. The fraction of sp³-hybridized carbons (Fsp3) is 0.200. The van der Waals surface area contributed by atoms with E-state index in [0.29, 0.717) is 22.3 Å². The average molecular weight is 318 g/mol. The maximum atomic E-state index is 13.3. The molecule has 0 bridgehead atoms. The second-order valence-electron chi connectivity index (χ2n) is 4.35. The molecule has 1 atom stereocenters. The molecule has 0 saturated heterocycles. The Labute approximate surface area is 127 Å². The van der Waals surface area contributed by atoms with Crippen LogP contribution in [-0.4, -0.2) is 5.88 Å². The Morgan fingerprint density at radius 1 is 1.05 bits per heavy atom. The maximum Gasteiger partial charge on any atom is 0.123 e. The van der Waals surface area contributed by atoms with Gasteiger partial charge in [-0.05, 0) is 47.9 Å². The van der Waals surface area contributed by atoms with Gasteiger partial charge in [0.25, 0.3) is 0 Å². The first-order valence-corrected chi connectivity index (χ1v) is 7.14. The summed E-state index contributed by atoms with van der Waals surface area (Å²) < 4.78 is 13.3. The van der Waals surface area contributed by atoms with E-state index in [9.17, 15) is 4.39 Å². The Kier molecular flexibility index (Phi) is 5.09. The summed E-state index contributed by atoms with van der Waals surface area (Å²) in [6.45, 7) is 0. The highest BCUT2D eigenvalue weighted by molar-refractivity contribution is 6.31. The molecule has 0 nitrogen and oxygen atoms in total. The molecular weight excluding hydrogens is 306 g/mol. The van der Waals surface area contributed by atoms with E-state index in [2.05, 4.69) is 0 Å². The Bertz CT molecular complexity index is 569. The summed E-state index contributed by atoms with van der Waals surface area (Å²) in [5, 5.41) is 1.22. The molecule has 100 valence electrons. The summed E-state index contributed by atoms with van der Waals surface area (Å²) in [6.07, 6.45) is 0.584. The molecule has 0 aliphatic rings. The predicted molar refractivity (Wildman–Crippen MR) is 80.0 cm³/mol. The fourth-order valence-electron chi connectivity index (χ4n) is 1.99. The predicted octanol–water partition coefficient (Wildman–Crippen LogP) is 5.70. The van der Waals surface area contributed by atoms with Crippen LogP contribution in [0.5, 0.6) is 0 Å². The lowest BCUT2D eigenvalue weighted by Crippen LogP contribution is -2.05. The SMILES string of the molecule is Fc1ccc(Cl)c(CC(CCl)c2cccc(Cl)c2)c1. The molecule has 0 amide bonds. The van der Waals surface area contributed by atoms with E-state index in [4.69, 9.17) is 34.8 Å². The van der Waals surface area contributed by atoms with Gasteiger partial charge in [0.1, 0.15) is 5.82 Å². The van der Waals surface area contributed by atoms with Gasteiger partial charge in [-0.15, -0.1) is 11.6 Å². The topological polar surface area (TPSA) is 0 Å². The molecule has 0 radical (unpaired) electrons. The molecule has 0 spiro atoms. The quantitative estimate of drug-likeness (QED) is 0.635. The number of benzene rings is 2. The van der Waals surface area contributed by atoms with Gasteiger partial charge in [0, 0.05) is 21.8 Å². The van der Waals surface area contributed by atoms with E-state index in [1.54, 1.807) is 6.07 Å². The minimum Gasteiger partial charge on any atom is -0.207 e. The van der Waals surface area contributed by atoms with Crippen LogP contribution in [0.15, 0.2) is 42.5 Å². The van der Waals surface area contributed by atoms with Crippen LogP contribution in [0, 0.1) is 5.82 Å². The monoisotopic (exact) mass is 316 g/mol. The van der Waals surface area contributed by atoms with Crippen LogP contribution < -0.4 is 0 Å². The van der Waals surface area contributed by atoms with Gasteiger partial charge in [-0.2, -0.15) is 0 Å². The molecule has 0 heterocycles. The van der Waals surface area contributed by atoms with Crippen LogP contribution in [0.2, 0.25) is 10.0 Å². The van der Waals surface area contributed by atoms with Crippen molar-refractivity contribution in [2.45, 2.75) is 12.3 Å². The van der Waals surface area contributed by atoms with Crippen molar-refractivity contribution in [1.82, 2.24) is 0 Å². The number of hydrogen-bond donors (Lipinski definition) is 0. The zero-order chi connectivity index (χ0) is 13.8. The molecule has 0 fully saturated rings. The first-order chi connectivity index (χ1) is 9.10. The number of rotatable bonds is 4. The van der Waals surface area contributed by atoms with Gasteiger partial charge < -0.3 is 0 Å². The highest BCUT2D eigenvalue weighted by Crippen LogP contribution is 2.28. The standard InChI is InChI=1S/C15H12Cl3F/c16-9-12(10-2-1-3-13(17)7-10)6-11-8-14(19)4-5-15(11)18/h1-5,7-8,12H,6,9H2. The van der Waals surface area contributed by atoms with E-state index in [1.807, 2.05) is 24.3 Å². The van der Waals surface area contributed by atoms with Crippen molar-refractivity contribution < 1.29 is 4.39 Å². The number of hydrogen-bond acceptors (Lipinski definition) is 0. The first-order valence-electron chi connectivity index (χ1n) is 5.85. The van der Waals surface area contributed by atoms with Gasteiger partial charge in [0.2, 0.25) is 0 Å². The zero-order valence-corrected chi connectivity index (χ0v) is 12.3. The minimum atomic E-state index is -0.293. The Hall–Kier alpha value is -0.760. The third kappa shape index (κ3) is 3.85. The normalized spacial score (nSPS) is 12.4. The van der Waals surface area contributed by atoms with Gasteiger partial charge in [0.15, 0.2) is 0 Å². The summed E-state index contributed by atoms with van der Waals surface area (Å²) in [6, 6.07) is 11.9. The van der Waals surface area contributed by atoms with Crippen molar-refractivity contribution in [1.29, 1.82) is 0 Å². The minimum absolute atomic E-state index is 0.0552. The van der Waals surface area contributed by atoms with Crippen LogP contribution in [-0.2, 0) is 6.42 Å². The second-order valence-corrected chi connectivity index (χ2v) is 5.50. The van der Waals surface area contributed by atoms with Crippen LogP contribution in [0.3, 0.4) is 0 Å². The fourth-order valence-corrected chi connectivity index (χ4v) is 2.67. The summed E-state index contributed by atoms with van der Waals surface area (Å²) >= 11 is 18.1. The van der Waals surface area contributed by atoms with Crippen LogP contribution in [0.1, 0.15) is 17.0 Å². The van der Waals surface area contributed by atoms with Crippen molar-refractivity contribution in [3.05, 3.63) is 69.5 Å². The average Bonchev–Trinajstić information content (AvgIpc) is 2.39. The summed E-state index contributed by atoms with van der Waals surface area (Å²) in [5.41, 5.74) is 1.79. The molecule has 0 saturated carbocycles. The molecule has 19 heavy (non-hydrogen) atoms. The first kappa shape index (κ1) is 14.6. The molecule has 1 unspecified atom stereocenters. The van der Waals surface area contributed by atoms with Gasteiger partial charge in [0.05, 0.1) is 0 Å². The Morgan fingerprint density at radius 2 is 1.84 bits per heavy atom. The van der Waals surface area contributed by atoms with Crippen molar-refractivity contribution in [2.24, 2.45) is 0 Å². The lowest BCUT2D eigenvalue weighted by Gasteiger charge is -2.15. The molecule has 0 aromatic heterocycles. The van der Waals surface area contributed by atoms with E-state index in [0.717, 1.165) is 11.1 Å². The smallest absolute Gasteiger partial charge is 0.123 e. The molecular formula is C15H12Cl3F. The van der Waals surface area contributed by atoms with Crippen LogP contribution in [0.25, 0.3) is 0 Å². The zero-order valence-electron chi connectivity index (χ0n) is 10.0. The van der Waals surface area contributed by atoms with Crippen molar-refractivity contribution in [3.8, 4) is 0 Å². The third-order valence-corrected chi connectivity index (χ3v) is 3.96. The molecule has 2 rings (SSSR count). The molecule has 0 N–H and O–H groups in total. The molecule has 2 aromatic rings. The maximum absolute atomic E-state index is 13.3. The largest absolute Gasteiger partial charge is 0.207 e. The third-order valence-electron chi connectivity index (χ3n) is 2.98. The summed E-state index contributed by atoms with van der Waals surface area (Å²) in [4.78, 5) is 0. The molecule has 0 aliphatic carbocycles. The van der Waals surface area contributed by atoms with Crippen molar-refractivity contribution >= 4 is 34.8 Å². The summed E-state index contributed by atoms with van der Waals surface area (Å²) in [7, 11) is 0. The second kappa shape index (κ2) is 6.60. The van der Waals surface area contributed by atoms with Gasteiger partial charge in [-0.3, -0.25) is 0 Å². The van der Waals surface area contributed by atoms with E-state index < -0.39 is 0 Å². The van der Waals surface area contributed by atoms with E-state index in [-0.39, 0.29) is 11.7 Å². The van der Waals surface area contributed by atoms with Crippen LogP contribution in [0.4, 0.5) is 4.39 Å². The summed E-state index contributed by atoms with van der Waals surface area (Å²) in [5.74, 6) is 0.186. The van der Waals surface area contributed by atoms with E-state index in [1.165, 1.54) is 12.1 Å². The number of halogens is 4. The van der Waals surface area contributed by atoms with Gasteiger partial charge >= 0.3 is 0 Å². The lowest BCUT2D eigenvalue weighted by atomic mass is 9.93. The highest BCUT2D eigenvalue weighted by atomic mass is 35.5. The molecule has 4 heteroatoms. The Morgan fingerprint density at radius 3 is 2.53 bits per heavy atom. The van der Waals surface area contributed by atoms with Gasteiger partial charge in [-0.25, -0.2) is 4.39 Å².